The Balaban J connectivity index is 2.58. The summed E-state index contributed by atoms with van der Waals surface area (Å²) in [5.74, 6) is 0.0475. The summed E-state index contributed by atoms with van der Waals surface area (Å²) in [6.07, 6.45) is 0.683. The highest BCUT2D eigenvalue weighted by molar-refractivity contribution is 5.90. The Kier molecular flexibility index (Phi) is 3.28. The first kappa shape index (κ1) is 12.5. The van der Waals surface area contributed by atoms with Gasteiger partial charge in [-0.05, 0) is 25.0 Å². The van der Waals surface area contributed by atoms with Crippen molar-refractivity contribution in [2.45, 2.75) is 19.8 Å². The molecule has 2 rings (SSSR count). The van der Waals surface area contributed by atoms with Gasteiger partial charge in [-0.3, -0.25) is 4.79 Å². The lowest BCUT2D eigenvalue weighted by Crippen LogP contribution is -2.03. The molecule has 0 aliphatic heterocycles. The average Bonchev–Trinajstić information content (AvgIpc) is 2.60. The molecule has 0 unspecified atom stereocenters. The Hall–Kier alpha value is -1.97. The summed E-state index contributed by atoms with van der Waals surface area (Å²) in [7, 11) is 3.60. The van der Waals surface area contributed by atoms with E-state index in [-0.39, 0.29) is 6.42 Å². The summed E-state index contributed by atoms with van der Waals surface area (Å²) in [6.45, 7) is 2.03. The van der Waals surface area contributed by atoms with Crippen molar-refractivity contribution in [1.82, 2.24) is 4.57 Å². The predicted octanol–water partition coefficient (Wildman–Crippen LogP) is 2.51. The van der Waals surface area contributed by atoms with E-state index in [9.17, 15) is 4.79 Å². The van der Waals surface area contributed by atoms with Gasteiger partial charge in [0, 0.05) is 18.1 Å². The fourth-order valence-corrected chi connectivity index (χ4v) is 2.46. The minimum Gasteiger partial charge on any atom is -0.495 e. The van der Waals surface area contributed by atoms with Crippen LogP contribution in [0.4, 0.5) is 0 Å². The molecule has 4 heteroatoms. The first-order chi connectivity index (χ1) is 8.56. The molecular weight excluding hydrogens is 230 g/mol. The summed E-state index contributed by atoms with van der Waals surface area (Å²) in [5.41, 5.74) is 3.21. The molecule has 0 spiro atoms. The van der Waals surface area contributed by atoms with Crippen LogP contribution in [0.2, 0.25) is 0 Å². The van der Waals surface area contributed by atoms with E-state index >= 15 is 0 Å². The van der Waals surface area contributed by atoms with Crippen molar-refractivity contribution in [3.8, 4) is 5.75 Å². The molecule has 0 amide bonds. The number of benzene rings is 1. The van der Waals surface area contributed by atoms with E-state index < -0.39 is 5.97 Å². The molecule has 0 aliphatic carbocycles. The smallest absolute Gasteiger partial charge is 0.303 e. The zero-order valence-electron chi connectivity index (χ0n) is 10.9. The third kappa shape index (κ3) is 1.94. The van der Waals surface area contributed by atoms with Crippen LogP contribution in [0.3, 0.4) is 0 Å². The van der Waals surface area contributed by atoms with Crippen LogP contribution in [0, 0.1) is 6.92 Å². The lowest BCUT2D eigenvalue weighted by atomic mass is 10.1. The van der Waals surface area contributed by atoms with Crippen molar-refractivity contribution in [2.75, 3.05) is 7.11 Å². The Bertz CT molecular complexity index is 599. The Morgan fingerprint density at radius 3 is 2.78 bits per heavy atom. The quantitative estimate of drug-likeness (QED) is 0.903. The van der Waals surface area contributed by atoms with Crippen molar-refractivity contribution in [3.05, 3.63) is 29.5 Å². The summed E-state index contributed by atoms with van der Waals surface area (Å²) >= 11 is 0. The highest BCUT2D eigenvalue weighted by atomic mass is 16.5. The normalized spacial score (nSPS) is 10.8. The van der Waals surface area contributed by atoms with Crippen molar-refractivity contribution in [1.29, 1.82) is 0 Å². The van der Waals surface area contributed by atoms with Crippen LogP contribution in [0.5, 0.6) is 5.75 Å². The Morgan fingerprint density at radius 1 is 1.44 bits per heavy atom. The second-order valence-corrected chi connectivity index (χ2v) is 4.38. The molecule has 2 aromatic rings. The Labute approximate surface area is 106 Å². The molecule has 0 bridgehead atoms. The number of fused-ring (bicyclic) bond motifs is 1. The first-order valence-corrected chi connectivity index (χ1v) is 5.89. The molecule has 1 N–H and O–H groups in total. The molecule has 0 saturated heterocycles. The zero-order chi connectivity index (χ0) is 13.3. The minimum atomic E-state index is -0.772. The summed E-state index contributed by atoms with van der Waals surface area (Å²) in [5, 5.41) is 9.92. The lowest BCUT2D eigenvalue weighted by molar-refractivity contribution is -0.136. The third-order valence-electron chi connectivity index (χ3n) is 3.37. The molecule has 0 radical (unpaired) electrons. The van der Waals surface area contributed by atoms with E-state index in [1.807, 2.05) is 36.7 Å². The van der Waals surface area contributed by atoms with Gasteiger partial charge in [-0.2, -0.15) is 0 Å². The van der Waals surface area contributed by atoms with Gasteiger partial charge in [-0.25, -0.2) is 0 Å². The maximum Gasteiger partial charge on any atom is 0.303 e. The second-order valence-electron chi connectivity index (χ2n) is 4.38. The van der Waals surface area contributed by atoms with Crippen molar-refractivity contribution in [3.63, 3.8) is 0 Å². The van der Waals surface area contributed by atoms with Gasteiger partial charge in [-0.1, -0.05) is 12.1 Å². The number of methoxy groups -OCH3 is 1. The number of aromatic nitrogens is 1. The number of nitrogens with zero attached hydrogens (tertiary/aromatic N) is 1. The number of hydrogen-bond donors (Lipinski definition) is 1. The Morgan fingerprint density at radius 2 is 2.17 bits per heavy atom. The zero-order valence-corrected chi connectivity index (χ0v) is 10.9. The maximum atomic E-state index is 10.7. The monoisotopic (exact) mass is 247 g/mol. The van der Waals surface area contributed by atoms with Gasteiger partial charge >= 0.3 is 5.97 Å². The number of aryl methyl sites for hydroxylation is 2. The molecule has 1 heterocycles. The number of aliphatic carboxylic acids is 1. The highest BCUT2D eigenvalue weighted by Gasteiger charge is 2.15. The first-order valence-electron chi connectivity index (χ1n) is 5.89. The van der Waals surface area contributed by atoms with E-state index in [0.717, 1.165) is 27.9 Å². The number of hydrogen-bond acceptors (Lipinski definition) is 2. The number of para-hydroxylation sites is 1. The topological polar surface area (TPSA) is 51.5 Å². The summed E-state index contributed by atoms with van der Waals surface area (Å²) < 4.78 is 7.40. The lowest BCUT2D eigenvalue weighted by Gasteiger charge is -2.06. The van der Waals surface area contributed by atoms with Gasteiger partial charge in [0.1, 0.15) is 5.75 Å². The van der Waals surface area contributed by atoms with E-state index in [2.05, 4.69) is 0 Å². The van der Waals surface area contributed by atoms with Crippen LogP contribution in [-0.4, -0.2) is 22.8 Å². The standard InChI is InChI=1S/C14H17NO3/c1-9-10-5-4-6-12(18-3)14(10)15(2)11(9)7-8-13(16)17/h4-6H,7-8H2,1-3H3,(H,16,17). The van der Waals surface area contributed by atoms with E-state index in [1.165, 1.54) is 0 Å². The molecule has 0 aliphatic rings. The molecule has 0 saturated carbocycles. The minimum absolute atomic E-state index is 0.146. The molecule has 0 fully saturated rings. The number of rotatable bonds is 4. The molecule has 1 aromatic carbocycles. The van der Waals surface area contributed by atoms with Gasteiger partial charge in [0.25, 0.3) is 0 Å². The van der Waals surface area contributed by atoms with E-state index in [0.29, 0.717) is 6.42 Å². The van der Waals surface area contributed by atoms with Crippen LogP contribution in [0.15, 0.2) is 18.2 Å². The fraction of sp³-hybridized carbons (Fsp3) is 0.357. The van der Waals surface area contributed by atoms with Crippen LogP contribution < -0.4 is 4.74 Å². The predicted molar refractivity (Wildman–Crippen MR) is 70.2 cm³/mol. The highest BCUT2D eigenvalue weighted by Crippen LogP contribution is 2.32. The van der Waals surface area contributed by atoms with E-state index in [1.54, 1.807) is 7.11 Å². The molecule has 18 heavy (non-hydrogen) atoms. The largest absolute Gasteiger partial charge is 0.495 e. The molecule has 96 valence electrons. The number of carboxylic acid groups (broad SMARTS) is 1. The second kappa shape index (κ2) is 4.72. The van der Waals surface area contributed by atoms with Gasteiger partial charge in [-0.15, -0.1) is 0 Å². The number of carboxylic acids is 1. The fourth-order valence-electron chi connectivity index (χ4n) is 2.46. The average molecular weight is 247 g/mol. The van der Waals surface area contributed by atoms with Crippen LogP contribution >= 0.6 is 0 Å². The van der Waals surface area contributed by atoms with Crippen molar-refractivity contribution < 1.29 is 14.6 Å². The van der Waals surface area contributed by atoms with Crippen LogP contribution in [0.1, 0.15) is 17.7 Å². The SMILES string of the molecule is COc1cccc2c(C)c(CCC(=O)O)n(C)c12. The number of ether oxygens (including phenoxy) is 1. The third-order valence-corrected chi connectivity index (χ3v) is 3.37. The van der Waals surface area contributed by atoms with Crippen LogP contribution in [-0.2, 0) is 18.3 Å². The molecule has 4 nitrogen and oxygen atoms in total. The molecule has 1 aromatic heterocycles. The van der Waals surface area contributed by atoms with E-state index in [4.69, 9.17) is 9.84 Å². The number of carbonyl (C=O) groups is 1. The van der Waals surface area contributed by atoms with Gasteiger partial charge in [0.2, 0.25) is 0 Å². The van der Waals surface area contributed by atoms with Crippen molar-refractivity contribution in [2.24, 2.45) is 7.05 Å². The van der Waals surface area contributed by atoms with Gasteiger partial charge in [0.15, 0.2) is 0 Å². The summed E-state index contributed by atoms with van der Waals surface area (Å²) in [4.78, 5) is 10.7. The van der Waals surface area contributed by atoms with Crippen LogP contribution in [0.25, 0.3) is 10.9 Å². The maximum absolute atomic E-state index is 10.7. The van der Waals surface area contributed by atoms with Gasteiger partial charge < -0.3 is 14.4 Å². The summed E-state index contributed by atoms with van der Waals surface area (Å²) in [6, 6.07) is 5.91. The molecule has 0 atom stereocenters. The molecular formula is C14H17NO3. The van der Waals surface area contributed by atoms with Gasteiger partial charge in [0.05, 0.1) is 19.0 Å². The van der Waals surface area contributed by atoms with Crippen molar-refractivity contribution >= 4 is 16.9 Å².